The van der Waals surface area contributed by atoms with Crippen LogP contribution in [0.4, 0.5) is 4.39 Å². The van der Waals surface area contributed by atoms with Crippen LogP contribution in [0.3, 0.4) is 0 Å². The second-order valence-electron chi connectivity index (χ2n) is 5.22. The highest BCUT2D eigenvalue weighted by Gasteiger charge is 2.23. The van der Waals surface area contributed by atoms with Crippen molar-refractivity contribution in [3.8, 4) is 0 Å². The summed E-state index contributed by atoms with van der Waals surface area (Å²) in [6.07, 6.45) is 3.54. The molecule has 2 aromatic rings. The average Bonchev–Trinajstić information content (AvgIpc) is 3.00. The first kappa shape index (κ1) is 16.4. The predicted octanol–water partition coefficient (Wildman–Crippen LogP) is 3.31. The number of halogens is 1. The lowest BCUT2D eigenvalue weighted by Crippen LogP contribution is -2.38. The maximum Gasteiger partial charge on any atom is 0.223 e. The molecule has 1 unspecified atom stereocenters. The molecule has 0 aliphatic rings. The first-order chi connectivity index (χ1) is 10.5. The van der Waals surface area contributed by atoms with Crippen LogP contribution in [0.5, 0.6) is 0 Å². The molecule has 3 nitrogen and oxygen atoms in total. The number of thiophene rings is 1. The van der Waals surface area contributed by atoms with Gasteiger partial charge in [0.25, 0.3) is 0 Å². The third kappa shape index (κ3) is 4.79. The summed E-state index contributed by atoms with van der Waals surface area (Å²) in [5, 5.41) is 16.7. The maximum atomic E-state index is 13.0. The van der Waals surface area contributed by atoms with Crippen LogP contribution in [-0.2, 0) is 10.4 Å². The number of amides is 1. The van der Waals surface area contributed by atoms with Crippen LogP contribution < -0.4 is 5.32 Å². The third-order valence-corrected chi connectivity index (χ3v) is 3.92. The van der Waals surface area contributed by atoms with Crippen molar-refractivity contribution in [1.29, 1.82) is 0 Å². The molecule has 0 aliphatic carbocycles. The van der Waals surface area contributed by atoms with Gasteiger partial charge < -0.3 is 10.4 Å². The van der Waals surface area contributed by atoms with Crippen LogP contribution in [0.1, 0.15) is 24.5 Å². The van der Waals surface area contributed by atoms with E-state index in [0.717, 1.165) is 5.56 Å². The number of nitrogens with one attached hydrogen (secondary N) is 1. The molecule has 1 heterocycles. The zero-order valence-corrected chi connectivity index (χ0v) is 13.1. The highest BCUT2D eigenvalue weighted by atomic mass is 32.1. The largest absolute Gasteiger partial charge is 0.384 e. The molecule has 0 fully saturated rings. The Kier molecular flexibility index (Phi) is 5.46. The summed E-state index contributed by atoms with van der Waals surface area (Å²) in [6, 6.07) is 7.99. The lowest BCUT2D eigenvalue weighted by Gasteiger charge is -2.22. The quantitative estimate of drug-likeness (QED) is 0.858. The summed E-state index contributed by atoms with van der Waals surface area (Å²) in [5.41, 5.74) is 0.410. The highest BCUT2D eigenvalue weighted by molar-refractivity contribution is 7.08. The predicted molar refractivity (Wildman–Crippen MR) is 87.0 cm³/mol. The van der Waals surface area contributed by atoms with Crippen molar-refractivity contribution in [2.45, 2.75) is 18.9 Å². The van der Waals surface area contributed by atoms with Crippen LogP contribution in [0.25, 0.3) is 6.08 Å². The number of aliphatic hydroxyl groups is 1. The minimum atomic E-state index is -1.08. The van der Waals surface area contributed by atoms with Gasteiger partial charge in [-0.05, 0) is 47.0 Å². The Morgan fingerprint density at radius 2 is 2.27 bits per heavy atom. The van der Waals surface area contributed by atoms with E-state index in [1.54, 1.807) is 31.2 Å². The number of hydrogen-bond donors (Lipinski definition) is 2. The van der Waals surface area contributed by atoms with Crippen LogP contribution in [0.2, 0.25) is 0 Å². The zero-order valence-electron chi connectivity index (χ0n) is 12.3. The van der Waals surface area contributed by atoms with Gasteiger partial charge in [0.15, 0.2) is 0 Å². The average molecular weight is 319 g/mol. The van der Waals surface area contributed by atoms with E-state index in [-0.39, 0.29) is 24.7 Å². The van der Waals surface area contributed by atoms with Gasteiger partial charge in [-0.3, -0.25) is 4.79 Å². The van der Waals surface area contributed by atoms with Gasteiger partial charge >= 0.3 is 0 Å². The van der Waals surface area contributed by atoms with Gasteiger partial charge in [-0.2, -0.15) is 11.3 Å². The fourth-order valence-corrected chi connectivity index (χ4v) is 2.71. The van der Waals surface area contributed by atoms with Crippen molar-refractivity contribution in [2.24, 2.45) is 0 Å². The second kappa shape index (κ2) is 7.33. The molecule has 0 saturated heterocycles. The van der Waals surface area contributed by atoms with Crippen molar-refractivity contribution in [2.75, 3.05) is 6.54 Å². The van der Waals surface area contributed by atoms with Crippen molar-refractivity contribution >= 4 is 23.3 Å². The van der Waals surface area contributed by atoms with Crippen LogP contribution in [0, 0.1) is 5.82 Å². The van der Waals surface area contributed by atoms with Crippen LogP contribution in [-0.4, -0.2) is 17.6 Å². The normalized spacial score (nSPS) is 14.0. The van der Waals surface area contributed by atoms with E-state index in [0.29, 0.717) is 5.56 Å². The first-order valence-corrected chi connectivity index (χ1v) is 7.85. The molecule has 116 valence electrons. The van der Waals surface area contributed by atoms with Crippen LogP contribution in [0.15, 0.2) is 47.2 Å². The second-order valence-corrected chi connectivity index (χ2v) is 6.00. The van der Waals surface area contributed by atoms with Crippen molar-refractivity contribution in [3.05, 3.63) is 64.1 Å². The molecule has 5 heteroatoms. The Balaban J connectivity index is 1.81. The summed E-state index contributed by atoms with van der Waals surface area (Å²) in [4.78, 5) is 11.8. The monoisotopic (exact) mass is 319 g/mol. The summed E-state index contributed by atoms with van der Waals surface area (Å²) >= 11 is 1.50. The molecule has 0 saturated carbocycles. The van der Waals surface area contributed by atoms with Gasteiger partial charge in [-0.1, -0.05) is 24.3 Å². The molecule has 0 aliphatic heterocycles. The summed E-state index contributed by atoms with van der Waals surface area (Å²) in [7, 11) is 0. The smallest absolute Gasteiger partial charge is 0.223 e. The summed E-state index contributed by atoms with van der Waals surface area (Å²) in [6.45, 7) is 1.81. The van der Waals surface area contributed by atoms with Crippen molar-refractivity contribution in [1.82, 2.24) is 5.32 Å². The highest BCUT2D eigenvalue weighted by Crippen LogP contribution is 2.21. The van der Waals surface area contributed by atoms with Gasteiger partial charge in [0, 0.05) is 6.42 Å². The molecule has 1 aromatic heterocycles. The summed E-state index contributed by atoms with van der Waals surface area (Å²) < 4.78 is 13.0. The zero-order chi connectivity index (χ0) is 16.0. The molecule has 1 aromatic carbocycles. The van der Waals surface area contributed by atoms with E-state index in [9.17, 15) is 14.3 Å². The Morgan fingerprint density at radius 3 is 2.95 bits per heavy atom. The fraction of sp³-hybridized carbons (Fsp3) is 0.235. The van der Waals surface area contributed by atoms with Gasteiger partial charge in [-0.15, -0.1) is 0 Å². The molecular weight excluding hydrogens is 301 g/mol. The van der Waals surface area contributed by atoms with Gasteiger partial charge in [-0.25, -0.2) is 4.39 Å². The van der Waals surface area contributed by atoms with Crippen molar-refractivity contribution < 1.29 is 14.3 Å². The number of rotatable bonds is 6. The molecule has 0 radical (unpaired) electrons. The minimum absolute atomic E-state index is 0.149. The molecule has 22 heavy (non-hydrogen) atoms. The molecule has 2 N–H and O–H groups in total. The van der Waals surface area contributed by atoms with Gasteiger partial charge in [0.05, 0.1) is 6.54 Å². The van der Waals surface area contributed by atoms with E-state index in [1.165, 1.54) is 23.5 Å². The minimum Gasteiger partial charge on any atom is -0.384 e. The van der Waals surface area contributed by atoms with E-state index in [4.69, 9.17) is 0 Å². The topological polar surface area (TPSA) is 49.3 Å². The number of carbonyl (C=O) groups excluding carboxylic acids is 1. The number of benzene rings is 1. The van der Waals surface area contributed by atoms with Gasteiger partial charge in [0.1, 0.15) is 11.4 Å². The standard InChI is InChI=1S/C17H18FNO2S/c1-17(21,14-8-9-22-11-14)12-19-16(20)7-3-5-13-4-2-6-15(18)10-13/h2-6,8-11,21H,7,12H2,1H3,(H,19,20). The Bertz CT molecular complexity index is 650. The van der Waals surface area contributed by atoms with E-state index >= 15 is 0 Å². The SMILES string of the molecule is CC(O)(CNC(=O)CC=Cc1cccc(F)c1)c1ccsc1. The Morgan fingerprint density at radius 1 is 1.45 bits per heavy atom. The molecule has 1 amide bonds. The first-order valence-electron chi connectivity index (χ1n) is 6.91. The molecular formula is C17H18FNO2S. The molecule has 2 rings (SSSR count). The number of hydrogen-bond acceptors (Lipinski definition) is 3. The molecule has 0 bridgehead atoms. The van der Waals surface area contributed by atoms with Crippen LogP contribution >= 0.6 is 11.3 Å². The Labute approximate surface area is 133 Å². The lowest BCUT2D eigenvalue weighted by atomic mass is 9.99. The maximum absolute atomic E-state index is 13.0. The molecule has 0 spiro atoms. The molecule has 1 atom stereocenters. The van der Waals surface area contributed by atoms with Crippen molar-refractivity contribution in [3.63, 3.8) is 0 Å². The van der Waals surface area contributed by atoms with E-state index in [2.05, 4.69) is 5.32 Å². The number of carbonyl (C=O) groups is 1. The lowest BCUT2D eigenvalue weighted by molar-refractivity contribution is -0.121. The Hall–Kier alpha value is -1.98. The fourth-order valence-electron chi connectivity index (χ4n) is 1.93. The summed E-state index contributed by atoms with van der Waals surface area (Å²) in [5.74, 6) is -0.499. The van der Waals surface area contributed by atoms with Gasteiger partial charge in [0.2, 0.25) is 5.91 Å². The third-order valence-electron chi connectivity index (χ3n) is 3.24. The van der Waals surface area contributed by atoms with E-state index < -0.39 is 5.60 Å². The van der Waals surface area contributed by atoms with E-state index in [1.807, 2.05) is 16.8 Å².